The van der Waals surface area contributed by atoms with E-state index in [2.05, 4.69) is 15.0 Å². The standard InChI is InChI=1S/C22H15N3O4/c1-28-22(27)12-9-10-15-16(11-12)24-20(23-15)14-6-4-8-18-19(14)25-21(29-18)13-5-2-3-7-17(13)26/h2-11,26H,1H3,(H,23,24). The lowest BCUT2D eigenvalue weighted by Gasteiger charge is -1.98. The molecule has 2 N–H and O–H groups in total. The van der Waals surface area contributed by atoms with Crippen molar-refractivity contribution in [2.75, 3.05) is 7.11 Å². The number of carbonyl (C=O) groups is 1. The van der Waals surface area contributed by atoms with Crippen LogP contribution in [0.5, 0.6) is 5.75 Å². The van der Waals surface area contributed by atoms with Crippen LogP contribution in [0.15, 0.2) is 65.1 Å². The maximum atomic E-state index is 11.8. The van der Waals surface area contributed by atoms with Gasteiger partial charge in [0, 0.05) is 5.56 Å². The van der Waals surface area contributed by atoms with Crippen molar-refractivity contribution in [1.82, 2.24) is 15.0 Å². The number of hydrogen-bond donors (Lipinski definition) is 2. The summed E-state index contributed by atoms with van der Waals surface area (Å²) >= 11 is 0. The number of imidazole rings is 1. The van der Waals surface area contributed by atoms with Crippen molar-refractivity contribution >= 4 is 28.1 Å². The van der Waals surface area contributed by atoms with E-state index in [0.717, 1.165) is 5.56 Å². The van der Waals surface area contributed by atoms with Gasteiger partial charge in [-0.1, -0.05) is 18.2 Å². The summed E-state index contributed by atoms with van der Waals surface area (Å²) in [4.78, 5) is 24.2. The predicted molar refractivity (Wildman–Crippen MR) is 108 cm³/mol. The van der Waals surface area contributed by atoms with Gasteiger partial charge in [-0.3, -0.25) is 0 Å². The molecule has 0 aliphatic heterocycles. The normalized spacial score (nSPS) is 11.2. The Labute approximate surface area is 164 Å². The average Bonchev–Trinajstić information content (AvgIpc) is 3.36. The fourth-order valence-electron chi connectivity index (χ4n) is 3.29. The van der Waals surface area contributed by atoms with Gasteiger partial charge >= 0.3 is 5.97 Å². The molecule has 0 aliphatic rings. The van der Waals surface area contributed by atoms with Gasteiger partial charge in [-0.15, -0.1) is 0 Å². The van der Waals surface area contributed by atoms with Gasteiger partial charge < -0.3 is 19.2 Å². The second-order valence-corrected chi connectivity index (χ2v) is 6.50. The Kier molecular flexibility index (Phi) is 3.80. The van der Waals surface area contributed by atoms with Crippen LogP contribution in [0.4, 0.5) is 0 Å². The average molecular weight is 385 g/mol. The summed E-state index contributed by atoms with van der Waals surface area (Å²) in [6, 6.07) is 17.6. The van der Waals surface area contributed by atoms with Crippen LogP contribution in [-0.2, 0) is 4.74 Å². The van der Waals surface area contributed by atoms with Crippen LogP contribution >= 0.6 is 0 Å². The first-order valence-corrected chi connectivity index (χ1v) is 8.90. The second kappa shape index (κ2) is 6.49. The quantitative estimate of drug-likeness (QED) is 0.443. The fourth-order valence-corrected chi connectivity index (χ4v) is 3.29. The zero-order valence-electron chi connectivity index (χ0n) is 15.3. The first-order chi connectivity index (χ1) is 14.1. The van der Waals surface area contributed by atoms with Gasteiger partial charge in [-0.05, 0) is 42.5 Å². The molecule has 5 aromatic rings. The smallest absolute Gasteiger partial charge is 0.337 e. The highest BCUT2D eigenvalue weighted by Gasteiger charge is 2.17. The van der Waals surface area contributed by atoms with Crippen LogP contribution in [0.25, 0.3) is 45.0 Å². The molecule has 7 nitrogen and oxygen atoms in total. The van der Waals surface area contributed by atoms with E-state index >= 15 is 0 Å². The first-order valence-electron chi connectivity index (χ1n) is 8.90. The van der Waals surface area contributed by atoms with Crippen LogP contribution in [0.3, 0.4) is 0 Å². The van der Waals surface area contributed by atoms with Crippen LogP contribution in [-0.4, -0.2) is 33.1 Å². The number of phenolic OH excluding ortho intramolecular Hbond substituents is 1. The molecular weight excluding hydrogens is 370 g/mol. The lowest BCUT2D eigenvalue weighted by Crippen LogP contribution is -2.00. The topological polar surface area (TPSA) is 101 Å². The highest BCUT2D eigenvalue weighted by molar-refractivity contribution is 5.96. The number of ether oxygens (including phenoxy) is 1. The van der Waals surface area contributed by atoms with Crippen molar-refractivity contribution in [3.8, 4) is 28.6 Å². The Morgan fingerprint density at radius 3 is 2.69 bits per heavy atom. The molecule has 0 bridgehead atoms. The fraction of sp³-hybridized carbons (Fsp3) is 0.0455. The summed E-state index contributed by atoms with van der Waals surface area (Å²) in [6.07, 6.45) is 0. The highest BCUT2D eigenvalue weighted by Crippen LogP contribution is 2.34. The van der Waals surface area contributed by atoms with Crippen molar-refractivity contribution in [2.45, 2.75) is 0 Å². The summed E-state index contributed by atoms with van der Waals surface area (Å²) < 4.78 is 10.6. The maximum absolute atomic E-state index is 11.8. The molecule has 7 heteroatoms. The molecule has 29 heavy (non-hydrogen) atoms. The molecule has 2 aromatic heterocycles. The maximum Gasteiger partial charge on any atom is 0.337 e. The minimum absolute atomic E-state index is 0.0969. The van der Waals surface area contributed by atoms with E-state index in [0.29, 0.717) is 45.0 Å². The molecule has 0 saturated carbocycles. The number of aromatic hydroxyl groups is 1. The number of nitrogens with zero attached hydrogens (tertiary/aromatic N) is 2. The third kappa shape index (κ3) is 2.80. The number of methoxy groups -OCH3 is 1. The number of nitrogens with one attached hydrogen (secondary N) is 1. The molecule has 0 fully saturated rings. The third-order valence-corrected chi connectivity index (χ3v) is 4.71. The van der Waals surface area contributed by atoms with E-state index in [1.165, 1.54) is 7.11 Å². The summed E-state index contributed by atoms with van der Waals surface area (Å²) in [5.74, 6) is 0.619. The van der Waals surface area contributed by atoms with Crippen LogP contribution in [0.2, 0.25) is 0 Å². The van der Waals surface area contributed by atoms with Gasteiger partial charge in [-0.25, -0.2) is 14.8 Å². The van der Waals surface area contributed by atoms with Gasteiger partial charge in [-0.2, -0.15) is 0 Å². The number of benzene rings is 3. The van der Waals surface area contributed by atoms with Crippen molar-refractivity contribution in [3.63, 3.8) is 0 Å². The molecule has 2 heterocycles. The zero-order valence-corrected chi connectivity index (χ0v) is 15.3. The number of rotatable bonds is 3. The Bertz CT molecular complexity index is 1380. The number of phenols is 1. The van der Waals surface area contributed by atoms with E-state index in [-0.39, 0.29) is 5.75 Å². The largest absolute Gasteiger partial charge is 0.507 e. The Morgan fingerprint density at radius 2 is 1.86 bits per heavy atom. The molecule has 0 atom stereocenters. The summed E-state index contributed by atoms with van der Waals surface area (Å²) in [5, 5.41) is 10.1. The number of hydrogen-bond acceptors (Lipinski definition) is 6. The number of para-hydroxylation sites is 2. The summed E-state index contributed by atoms with van der Waals surface area (Å²) in [5.41, 5.74) is 4.34. The lowest BCUT2D eigenvalue weighted by molar-refractivity contribution is 0.0601. The van der Waals surface area contributed by atoms with Gasteiger partial charge in [0.2, 0.25) is 5.89 Å². The van der Waals surface area contributed by atoms with Crippen molar-refractivity contribution in [1.29, 1.82) is 0 Å². The predicted octanol–water partition coefficient (Wildman–Crippen LogP) is 4.53. The van der Waals surface area contributed by atoms with E-state index in [4.69, 9.17) is 9.15 Å². The highest BCUT2D eigenvalue weighted by atomic mass is 16.5. The Morgan fingerprint density at radius 1 is 1.03 bits per heavy atom. The van der Waals surface area contributed by atoms with Crippen molar-refractivity contribution in [2.24, 2.45) is 0 Å². The van der Waals surface area contributed by atoms with E-state index in [1.54, 1.807) is 36.4 Å². The van der Waals surface area contributed by atoms with Gasteiger partial charge in [0.25, 0.3) is 0 Å². The number of carbonyl (C=O) groups excluding carboxylic acids is 1. The molecule has 142 valence electrons. The van der Waals surface area contributed by atoms with Crippen molar-refractivity contribution < 1.29 is 19.1 Å². The van der Waals surface area contributed by atoms with Gasteiger partial charge in [0.1, 0.15) is 17.1 Å². The molecule has 0 unspecified atom stereocenters. The SMILES string of the molecule is COC(=O)c1ccc2nc(-c3cccc4oc(-c5ccccc5O)nc34)[nH]c2c1. The van der Waals surface area contributed by atoms with E-state index in [9.17, 15) is 9.90 Å². The molecule has 3 aromatic carbocycles. The number of oxazole rings is 1. The minimum atomic E-state index is -0.408. The van der Waals surface area contributed by atoms with Gasteiger partial charge in [0.15, 0.2) is 5.58 Å². The number of aromatic nitrogens is 3. The van der Waals surface area contributed by atoms with Crippen LogP contribution in [0.1, 0.15) is 10.4 Å². The van der Waals surface area contributed by atoms with Crippen LogP contribution in [0, 0.1) is 0 Å². The number of esters is 1. The Balaban J connectivity index is 1.65. The van der Waals surface area contributed by atoms with E-state index in [1.807, 2.05) is 24.3 Å². The Hall–Kier alpha value is -4.13. The molecule has 0 saturated heterocycles. The molecular formula is C22H15N3O4. The van der Waals surface area contributed by atoms with Crippen molar-refractivity contribution in [3.05, 3.63) is 66.2 Å². The van der Waals surface area contributed by atoms with Gasteiger partial charge in [0.05, 0.1) is 29.3 Å². The summed E-state index contributed by atoms with van der Waals surface area (Å²) in [6.45, 7) is 0. The zero-order chi connectivity index (χ0) is 20.0. The molecule has 0 radical (unpaired) electrons. The second-order valence-electron chi connectivity index (χ2n) is 6.50. The lowest BCUT2D eigenvalue weighted by atomic mass is 10.2. The molecule has 0 aliphatic carbocycles. The molecule has 5 rings (SSSR count). The first kappa shape index (κ1) is 17.0. The minimum Gasteiger partial charge on any atom is -0.507 e. The monoisotopic (exact) mass is 385 g/mol. The third-order valence-electron chi connectivity index (χ3n) is 4.71. The molecule has 0 spiro atoms. The number of H-pyrrole nitrogens is 1. The van der Waals surface area contributed by atoms with E-state index < -0.39 is 5.97 Å². The number of aromatic amines is 1. The molecule has 0 amide bonds. The number of fused-ring (bicyclic) bond motifs is 2. The summed E-state index contributed by atoms with van der Waals surface area (Å²) in [7, 11) is 1.35. The van der Waals surface area contributed by atoms with Crippen LogP contribution < -0.4 is 0 Å².